The Labute approximate surface area is 195 Å². The Balaban J connectivity index is 1.56. The second kappa shape index (κ2) is 9.62. The number of nitrogens with zero attached hydrogens (tertiary/aromatic N) is 2. The molecule has 0 fully saturated rings. The summed E-state index contributed by atoms with van der Waals surface area (Å²) < 4.78 is 27.4. The number of carbonyl (C=O) groups is 1. The number of aromatic nitrogens is 1. The Hall–Kier alpha value is -4.39. The largest absolute Gasteiger partial charge is 0.398 e. The lowest BCUT2D eigenvalue weighted by atomic mass is 10.0. The highest BCUT2D eigenvalue weighted by atomic mass is 19.1. The quantitative estimate of drug-likeness (QED) is 0.325. The maximum Gasteiger partial charge on any atom is 0.256 e. The van der Waals surface area contributed by atoms with Gasteiger partial charge in [0.05, 0.1) is 5.52 Å². The summed E-state index contributed by atoms with van der Waals surface area (Å²) in [6, 6.07) is 17.8. The van der Waals surface area contributed by atoms with Crippen molar-refractivity contribution >= 4 is 28.3 Å². The molecular formula is C27H22F2N4O. The van der Waals surface area contributed by atoms with E-state index in [0.29, 0.717) is 33.6 Å². The van der Waals surface area contributed by atoms with Crippen LogP contribution in [0.4, 0.5) is 8.78 Å². The van der Waals surface area contributed by atoms with Gasteiger partial charge in [-0.25, -0.2) is 8.78 Å². The zero-order valence-corrected chi connectivity index (χ0v) is 18.6. The van der Waals surface area contributed by atoms with E-state index in [1.54, 1.807) is 37.4 Å². The van der Waals surface area contributed by atoms with E-state index in [4.69, 9.17) is 5.73 Å². The zero-order chi connectivity index (χ0) is 24.2. The fourth-order valence-corrected chi connectivity index (χ4v) is 3.60. The van der Waals surface area contributed by atoms with E-state index in [0.717, 1.165) is 17.2 Å². The first-order valence-electron chi connectivity index (χ1n) is 10.5. The highest BCUT2D eigenvalue weighted by molar-refractivity contribution is 6.12. The van der Waals surface area contributed by atoms with Crippen molar-refractivity contribution in [3.8, 4) is 11.1 Å². The second-order valence-electron chi connectivity index (χ2n) is 7.73. The molecule has 3 aromatic carbocycles. The highest BCUT2D eigenvalue weighted by Gasteiger charge is 2.12. The normalized spacial score (nSPS) is 12.1. The molecule has 0 saturated heterocycles. The van der Waals surface area contributed by atoms with Crippen molar-refractivity contribution in [2.75, 3.05) is 7.05 Å². The second-order valence-corrected chi connectivity index (χ2v) is 7.73. The molecule has 0 radical (unpaired) electrons. The van der Waals surface area contributed by atoms with Crippen molar-refractivity contribution in [2.45, 2.75) is 6.92 Å². The van der Waals surface area contributed by atoms with Gasteiger partial charge in [-0.15, -0.1) is 0 Å². The van der Waals surface area contributed by atoms with E-state index in [1.807, 2.05) is 31.2 Å². The molecule has 0 atom stereocenters. The van der Waals surface area contributed by atoms with E-state index in [1.165, 1.54) is 18.3 Å². The van der Waals surface area contributed by atoms with Crippen LogP contribution < -0.4 is 11.1 Å². The van der Waals surface area contributed by atoms with Gasteiger partial charge in [-0.2, -0.15) is 0 Å². The van der Waals surface area contributed by atoms with Crippen LogP contribution in [-0.2, 0) is 0 Å². The summed E-state index contributed by atoms with van der Waals surface area (Å²) in [7, 11) is 1.56. The van der Waals surface area contributed by atoms with Gasteiger partial charge < -0.3 is 11.1 Å². The van der Waals surface area contributed by atoms with Crippen LogP contribution in [0.25, 0.3) is 27.7 Å². The summed E-state index contributed by atoms with van der Waals surface area (Å²) >= 11 is 0. The number of nitrogens with two attached hydrogens (primary N) is 1. The van der Waals surface area contributed by atoms with Crippen LogP contribution in [0.1, 0.15) is 21.5 Å². The maximum absolute atomic E-state index is 14.1. The zero-order valence-electron chi connectivity index (χ0n) is 18.6. The number of hydrogen-bond donors (Lipinski definition) is 2. The van der Waals surface area contributed by atoms with Gasteiger partial charge in [-0.3, -0.25) is 14.8 Å². The van der Waals surface area contributed by atoms with Gasteiger partial charge in [0.1, 0.15) is 17.5 Å². The predicted molar refractivity (Wildman–Crippen MR) is 131 cm³/mol. The number of pyridine rings is 1. The lowest BCUT2D eigenvalue weighted by Gasteiger charge is -2.09. The molecule has 170 valence electrons. The van der Waals surface area contributed by atoms with Gasteiger partial charge in [-0.1, -0.05) is 30.3 Å². The van der Waals surface area contributed by atoms with E-state index in [-0.39, 0.29) is 11.5 Å². The Morgan fingerprint density at radius 3 is 2.59 bits per heavy atom. The molecule has 34 heavy (non-hydrogen) atoms. The number of aliphatic imine (C=N–C) groups is 1. The van der Waals surface area contributed by atoms with Crippen molar-refractivity contribution in [3.63, 3.8) is 0 Å². The van der Waals surface area contributed by atoms with E-state index >= 15 is 0 Å². The first-order valence-corrected chi connectivity index (χ1v) is 10.5. The van der Waals surface area contributed by atoms with E-state index in [2.05, 4.69) is 15.3 Å². The SMILES string of the molecule is CN=C(C=C(N)c1ccccc1C)NC(=O)c1ccc2cc(-c3ccc(F)cc3F)cnc2c1. The molecule has 0 bridgehead atoms. The molecule has 1 amide bonds. The molecule has 0 aliphatic carbocycles. The number of amidine groups is 1. The molecule has 4 rings (SSSR count). The molecule has 0 aliphatic rings. The van der Waals surface area contributed by atoms with Crippen molar-refractivity contribution < 1.29 is 13.6 Å². The Kier molecular flexibility index (Phi) is 6.45. The average Bonchev–Trinajstić information content (AvgIpc) is 2.83. The third-order valence-electron chi connectivity index (χ3n) is 5.42. The molecule has 1 heterocycles. The van der Waals surface area contributed by atoms with E-state index in [9.17, 15) is 13.6 Å². The topological polar surface area (TPSA) is 80.4 Å². The Morgan fingerprint density at radius 2 is 1.85 bits per heavy atom. The van der Waals surface area contributed by atoms with Crippen molar-refractivity contribution in [2.24, 2.45) is 10.7 Å². The van der Waals surface area contributed by atoms with Gasteiger partial charge in [0.2, 0.25) is 0 Å². The number of halogens is 2. The first-order chi connectivity index (χ1) is 16.4. The van der Waals surface area contributed by atoms with Gasteiger partial charge in [-0.05, 0) is 42.8 Å². The number of nitrogens with one attached hydrogen (secondary N) is 1. The molecule has 7 heteroatoms. The minimum absolute atomic E-state index is 0.249. The molecule has 0 spiro atoms. The molecule has 1 aromatic heterocycles. The Morgan fingerprint density at radius 1 is 1.06 bits per heavy atom. The molecule has 0 saturated carbocycles. The summed E-state index contributed by atoms with van der Waals surface area (Å²) in [6.45, 7) is 1.95. The lowest BCUT2D eigenvalue weighted by molar-refractivity contribution is 0.0977. The van der Waals surface area contributed by atoms with Gasteiger partial charge in [0.15, 0.2) is 0 Å². The molecule has 4 aromatic rings. The summed E-state index contributed by atoms with van der Waals surface area (Å²) in [4.78, 5) is 21.3. The molecule has 5 nitrogen and oxygen atoms in total. The molecular weight excluding hydrogens is 434 g/mol. The summed E-state index contributed by atoms with van der Waals surface area (Å²) in [5, 5.41) is 3.47. The number of rotatable bonds is 4. The van der Waals surface area contributed by atoms with Gasteiger partial charge in [0, 0.05) is 58.7 Å². The fourth-order valence-electron chi connectivity index (χ4n) is 3.60. The number of amides is 1. The number of benzene rings is 3. The number of fused-ring (bicyclic) bond motifs is 1. The van der Waals surface area contributed by atoms with E-state index < -0.39 is 11.6 Å². The molecule has 0 unspecified atom stereocenters. The first kappa shape index (κ1) is 22.8. The van der Waals surface area contributed by atoms with Gasteiger partial charge in [0.25, 0.3) is 5.91 Å². The van der Waals surface area contributed by atoms with Crippen LogP contribution in [0.15, 0.2) is 84.0 Å². The van der Waals surface area contributed by atoms with Crippen LogP contribution >= 0.6 is 0 Å². The third kappa shape index (κ3) is 4.83. The van der Waals surface area contributed by atoms with Crippen LogP contribution in [0.2, 0.25) is 0 Å². The van der Waals surface area contributed by atoms with Crippen molar-refractivity contribution in [3.05, 3.63) is 107 Å². The fraction of sp³-hybridized carbons (Fsp3) is 0.0741. The lowest BCUT2D eigenvalue weighted by Crippen LogP contribution is -2.29. The van der Waals surface area contributed by atoms with Crippen LogP contribution in [-0.4, -0.2) is 23.8 Å². The van der Waals surface area contributed by atoms with Crippen molar-refractivity contribution in [1.82, 2.24) is 10.3 Å². The monoisotopic (exact) mass is 456 g/mol. The summed E-state index contributed by atoms with van der Waals surface area (Å²) in [5.41, 5.74) is 10.3. The Bertz CT molecular complexity index is 1460. The minimum atomic E-state index is -0.665. The summed E-state index contributed by atoms with van der Waals surface area (Å²) in [6.07, 6.45) is 3.11. The van der Waals surface area contributed by atoms with Crippen LogP contribution in [0.3, 0.4) is 0 Å². The standard InChI is InChI=1S/C27H22F2N4O/c1-16-5-3-4-6-21(16)24(30)14-26(31-2)33-27(34)18-8-7-17-11-19(15-32-25(17)12-18)22-10-9-20(28)13-23(22)29/h3-15H,30H2,1-2H3,(H,31,33,34). The minimum Gasteiger partial charge on any atom is -0.398 e. The molecule has 3 N–H and O–H groups in total. The number of carbonyl (C=O) groups excluding carboxylic acids is 1. The van der Waals surface area contributed by atoms with Crippen molar-refractivity contribution in [1.29, 1.82) is 0 Å². The van der Waals surface area contributed by atoms with Gasteiger partial charge >= 0.3 is 0 Å². The third-order valence-corrected chi connectivity index (χ3v) is 5.42. The average molecular weight is 456 g/mol. The number of hydrogen-bond acceptors (Lipinski definition) is 4. The van der Waals surface area contributed by atoms with Crippen LogP contribution in [0.5, 0.6) is 0 Å². The number of aryl methyl sites for hydroxylation is 1. The predicted octanol–water partition coefficient (Wildman–Crippen LogP) is 5.25. The maximum atomic E-state index is 14.1. The smallest absolute Gasteiger partial charge is 0.256 e. The highest BCUT2D eigenvalue weighted by Crippen LogP contribution is 2.26. The summed E-state index contributed by atoms with van der Waals surface area (Å²) in [5.74, 6) is -1.36. The van der Waals surface area contributed by atoms with Crippen LogP contribution in [0, 0.1) is 18.6 Å². The molecule has 0 aliphatic heterocycles.